The van der Waals surface area contributed by atoms with Gasteiger partial charge in [0, 0.05) is 30.7 Å². The van der Waals surface area contributed by atoms with Crippen LogP contribution in [-0.4, -0.2) is 134 Å². The molecule has 3 rings (SSSR count). The number of nitrogens with one attached hydrogen (secondary N) is 2. The van der Waals surface area contributed by atoms with Crippen molar-refractivity contribution in [3.8, 4) is 0 Å². The number of fused-ring (bicyclic) bond motifs is 1. The lowest BCUT2D eigenvalue weighted by molar-refractivity contribution is -0.137. The molecule has 2 amide bonds. The zero-order valence-electron chi connectivity index (χ0n) is 32.1. The lowest BCUT2D eigenvalue weighted by atomic mass is 9.87. The summed E-state index contributed by atoms with van der Waals surface area (Å²) in [5.41, 5.74) is 4.24. The zero-order valence-corrected chi connectivity index (χ0v) is 35.6. The molecule has 0 aliphatic carbocycles. The molecule has 29 heteroatoms. The fourth-order valence-corrected chi connectivity index (χ4v) is 8.70. The van der Waals surface area contributed by atoms with Gasteiger partial charge in [0.2, 0.25) is 16.9 Å². The number of nitrogen functional groups attached to an aromatic ring is 1. The molecule has 2 aromatic rings. The Labute approximate surface area is 341 Å². The van der Waals surface area contributed by atoms with Gasteiger partial charge in [-0.15, -0.1) is 0 Å². The van der Waals surface area contributed by atoms with E-state index < -0.39 is 90.7 Å². The molecule has 8 atom stereocenters. The van der Waals surface area contributed by atoms with Crippen molar-refractivity contribution < 1.29 is 85.6 Å². The monoisotopic (exact) mass is 921 g/mol. The van der Waals surface area contributed by atoms with Crippen molar-refractivity contribution in [2.24, 2.45) is 5.41 Å². The normalized spacial score (nSPS) is 21.9. The quantitative estimate of drug-likeness (QED) is 0.0360. The van der Waals surface area contributed by atoms with Crippen molar-refractivity contribution in [1.29, 1.82) is 0 Å². The van der Waals surface area contributed by atoms with Crippen molar-refractivity contribution in [2.45, 2.75) is 89.6 Å². The molecule has 3 heterocycles. The van der Waals surface area contributed by atoms with E-state index in [-0.39, 0.29) is 47.4 Å². The molecular weight excluding hydrogens is 871 g/mol. The Bertz CT molecular complexity index is 1920. The van der Waals surface area contributed by atoms with Gasteiger partial charge in [0.05, 0.1) is 25.6 Å². The number of imidazole rings is 1. The van der Waals surface area contributed by atoms with Gasteiger partial charge in [-0.2, -0.15) is 4.31 Å². The van der Waals surface area contributed by atoms with Crippen molar-refractivity contribution >= 4 is 69.1 Å². The number of amides is 2. The Morgan fingerprint density at radius 1 is 1.05 bits per heavy atom. The van der Waals surface area contributed by atoms with Gasteiger partial charge < -0.3 is 56.0 Å². The van der Waals surface area contributed by atoms with Crippen LogP contribution in [0.4, 0.5) is 5.82 Å². The number of aromatic nitrogens is 4. The molecule has 0 bridgehead atoms. The van der Waals surface area contributed by atoms with Crippen LogP contribution in [0.25, 0.3) is 11.2 Å². The smallest absolute Gasteiger partial charge is 0.393 e. The number of aliphatic hydroxyl groups excluding tert-OH is 3. The van der Waals surface area contributed by atoms with Gasteiger partial charge in [-0.3, -0.25) is 32.5 Å². The molecule has 0 spiro atoms. The summed E-state index contributed by atoms with van der Waals surface area (Å²) in [6, 6.07) is 0. The third-order valence-corrected chi connectivity index (χ3v) is 12.2. The molecule has 11 N–H and O–H groups in total. The van der Waals surface area contributed by atoms with Crippen molar-refractivity contribution in [2.75, 3.05) is 37.8 Å². The number of anilines is 1. The van der Waals surface area contributed by atoms with Crippen LogP contribution in [-0.2, 0) is 50.7 Å². The molecule has 25 nitrogen and oxygen atoms in total. The van der Waals surface area contributed by atoms with Gasteiger partial charge in [0.15, 0.2) is 17.7 Å². The molecule has 8 unspecified atom stereocenters. The van der Waals surface area contributed by atoms with E-state index in [0.717, 1.165) is 35.4 Å². The summed E-state index contributed by atoms with van der Waals surface area (Å²) in [6.07, 6.45) is -1.61. The zero-order chi connectivity index (χ0) is 44.2. The second-order valence-electron chi connectivity index (χ2n) is 13.7. The number of thioether (sulfide) groups is 1. The summed E-state index contributed by atoms with van der Waals surface area (Å²) >= 11 is 0.990. The van der Waals surface area contributed by atoms with Crippen LogP contribution in [0.3, 0.4) is 0 Å². The van der Waals surface area contributed by atoms with Gasteiger partial charge in [-0.25, -0.2) is 28.6 Å². The lowest BCUT2D eigenvalue weighted by Crippen LogP contribution is -2.46. The molecule has 2 aromatic heterocycles. The maximum absolute atomic E-state index is 12.7. The van der Waals surface area contributed by atoms with E-state index in [2.05, 4.69) is 34.4 Å². The predicted octanol–water partition coefficient (Wildman–Crippen LogP) is 0.162. The number of hydrogen-bond donors (Lipinski definition) is 10. The fourth-order valence-electron chi connectivity index (χ4n) is 5.28. The van der Waals surface area contributed by atoms with E-state index >= 15 is 0 Å². The maximum atomic E-state index is 12.7. The summed E-state index contributed by atoms with van der Waals surface area (Å²) in [6.45, 7) is 2.37. The van der Waals surface area contributed by atoms with Crippen LogP contribution >= 0.6 is 35.2 Å². The number of ether oxygens (including phenoxy) is 1. The van der Waals surface area contributed by atoms with Crippen molar-refractivity contribution in [1.82, 2.24) is 30.2 Å². The maximum Gasteiger partial charge on any atom is 0.481 e. The third-order valence-electron chi connectivity index (χ3n) is 8.29. The number of carbonyl (C=O) groups excluding carboxylic acids is 3. The SMILES string of the molecule is CCCC(O)CC/C=C/C(=O)SCCNC(=O)CCNC(=O)C(O)C(C)(C)COP(=O)(O)OP(=O)(O)OCC1OC(n2cnc3c(N)ncnc32)C(O)C1OP(=O)(O)O. The van der Waals surface area contributed by atoms with E-state index in [0.29, 0.717) is 19.3 Å². The molecule has 0 radical (unpaired) electrons. The van der Waals surface area contributed by atoms with E-state index in [9.17, 15) is 63.0 Å². The fraction of sp³-hybridized carbons (Fsp3) is 0.667. The van der Waals surface area contributed by atoms with Crippen LogP contribution in [0.5, 0.6) is 0 Å². The van der Waals surface area contributed by atoms with Crippen LogP contribution in [0.15, 0.2) is 24.8 Å². The van der Waals surface area contributed by atoms with Gasteiger partial charge in [-0.05, 0) is 25.3 Å². The number of hydrogen-bond acceptors (Lipinski definition) is 19. The minimum absolute atomic E-state index is 0.0265. The van der Waals surface area contributed by atoms with Crippen molar-refractivity contribution in [3.63, 3.8) is 0 Å². The van der Waals surface area contributed by atoms with Gasteiger partial charge >= 0.3 is 23.5 Å². The Kier molecular flexibility index (Phi) is 19.2. The highest BCUT2D eigenvalue weighted by atomic mass is 32.2. The minimum atomic E-state index is -5.58. The predicted molar refractivity (Wildman–Crippen MR) is 206 cm³/mol. The summed E-state index contributed by atoms with van der Waals surface area (Å²) < 4.78 is 62.1. The first-order chi connectivity index (χ1) is 27.4. The number of rotatable bonds is 25. The highest BCUT2D eigenvalue weighted by Gasteiger charge is 2.50. The lowest BCUT2D eigenvalue weighted by Gasteiger charge is -2.30. The Morgan fingerprint density at radius 2 is 1.75 bits per heavy atom. The summed E-state index contributed by atoms with van der Waals surface area (Å²) in [4.78, 5) is 87.6. The summed E-state index contributed by atoms with van der Waals surface area (Å²) in [5, 5.41) is 35.9. The van der Waals surface area contributed by atoms with Crippen LogP contribution in [0, 0.1) is 5.41 Å². The van der Waals surface area contributed by atoms with Gasteiger partial charge in [0.25, 0.3) is 0 Å². The number of aliphatic hydroxyl groups is 3. The van der Waals surface area contributed by atoms with E-state index in [1.165, 1.54) is 19.9 Å². The topological polar surface area (TPSA) is 384 Å². The molecule has 334 valence electrons. The Balaban J connectivity index is 1.44. The van der Waals surface area contributed by atoms with Crippen LogP contribution in [0.1, 0.15) is 59.1 Å². The largest absolute Gasteiger partial charge is 0.481 e. The van der Waals surface area contributed by atoms with Crippen LogP contribution in [0.2, 0.25) is 0 Å². The number of nitrogens with two attached hydrogens (primary N) is 1. The molecule has 1 saturated heterocycles. The number of phosphoric ester groups is 3. The molecule has 1 fully saturated rings. The standard InChI is InChI=1S/C30H50N7O18P3S/c1-4-7-18(38)8-5-6-9-21(40)59-13-12-32-20(39)10-11-33-28(43)25(42)30(2,3)15-52-58(49,50)55-57(47,48)51-14-19-24(54-56(44,45)46)23(41)29(53-19)37-17-36-22-26(31)34-16-35-27(22)37/h6,9,16-19,23-25,29,38,41-42H,4-5,7-8,10-15H2,1-3H3,(H,32,39)(H,33,43)(H,47,48)(H,49,50)(H2,31,34,35)(H2,44,45,46)/b9-6+. The summed E-state index contributed by atoms with van der Waals surface area (Å²) in [7, 11) is -16.4. The van der Waals surface area contributed by atoms with Crippen molar-refractivity contribution in [3.05, 3.63) is 24.8 Å². The Morgan fingerprint density at radius 3 is 2.42 bits per heavy atom. The molecule has 0 saturated carbocycles. The molecule has 1 aliphatic rings. The van der Waals surface area contributed by atoms with E-state index in [4.69, 9.17) is 19.5 Å². The average Bonchev–Trinajstić information content (AvgIpc) is 3.70. The first-order valence-electron chi connectivity index (χ1n) is 17.9. The molecule has 1 aliphatic heterocycles. The number of carbonyl (C=O) groups is 3. The molecule has 0 aromatic carbocycles. The first-order valence-corrected chi connectivity index (χ1v) is 23.4. The van der Waals surface area contributed by atoms with E-state index in [1.807, 2.05) is 6.92 Å². The molecular formula is C30H50N7O18P3S. The van der Waals surface area contributed by atoms with Gasteiger partial charge in [-0.1, -0.05) is 45.0 Å². The average molecular weight is 922 g/mol. The first kappa shape index (κ1) is 50.6. The molecule has 59 heavy (non-hydrogen) atoms. The highest BCUT2D eigenvalue weighted by Crippen LogP contribution is 2.61. The van der Waals surface area contributed by atoms with Gasteiger partial charge in [0.1, 0.15) is 36.3 Å². The second-order valence-corrected chi connectivity index (χ2v) is 19.0. The number of phosphoric acid groups is 3. The second kappa shape index (κ2) is 22.4. The Hall–Kier alpha value is -2.74. The minimum Gasteiger partial charge on any atom is -0.393 e. The summed E-state index contributed by atoms with van der Waals surface area (Å²) in [5.74, 6) is -1.21. The highest BCUT2D eigenvalue weighted by molar-refractivity contribution is 8.14. The number of nitrogens with zero attached hydrogens (tertiary/aromatic N) is 4. The third kappa shape index (κ3) is 16.6. The van der Waals surface area contributed by atoms with Crippen LogP contribution < -0.4 is 16.4 Å². The van der Waals surface area contributed by atoms with E-state index in [1.54, 1.807) is 6.08 Å². The number of allylic oxidation sites excluding steroid dienone is 1.